The zero-order valence-corrected chi connectivity index (χ0v) is 26.0. The maximum Gasteiger partial charge on any atom is 0.417 e. The maximum absolute atomic E-state index is 13.9. The minimum Gasteiger partial charge on any atom is -0.192 e. The van der Waals surface area contributed by atoms with Gasteiger partial charge in [0.25, 0.3) is 0 Å². The Hall–Kier alpha value is -8.09. The highest BCUT2D eigenvalue weighted by atomic mass is 19.4. The van der Waals surface area contributed by atoms with Crippen LogP contribution < -0.4 is 0 Å². The predicted octanol–water partition coefficient (Wildman–Crippen LogP) is 8.98. The molecule has 2 aliphatic rings. The lowest BCUT2D eigenvalue weighted by molar-refractivity contribution is -0.143. The average molecular weight is 735 g/mol. The van der Waals surface area contributed by atoms with E-state index in [1.165, 1.54) is 18.2 Å². The molecule has 0 spiro atoms. The summed E-state index contributed by atoms with van der Waals surface area (Å²) in [5.41, 5.74) is -15.6. The van der Waals surface area contributed by atoms with Gasteiger partial charge in [0.1, 0.15) is 53.6 Å². The van der Waals surface area contributed by atoms with E-state index in [2.05, 4.69) is 0 Å². The van der Waals surface area contributed by atoms with Crippen molar-refractivity contribution in [3.63, 3.8) is 0 Å². The van der Waals surface area contributed by atoms with E-state index >= 15 is 0 Å². The summed E-state index contributed by atoms with van der Waals surface area (Å²) < 4.78 is 125. The molecule has 2 aliphatic carbocycles. The molecular formula is C37H7F9N8. The van der Waals surface area contributed by atoms with Crippen molar-refractivity contribution in [2.75, 3.05) is 0 Å². The molecule has 0 heterocycles. The van der Waals surface area contributed by atoms with Gasteiger partial charge in [0.15, 0.2) is 0 Å². The Morgan fingerprint density at radius 1 is 0.463 bits per heavy atom. The van der Waals surface area contributed by atoms with Crippen molar-refractivity contribution in [1.82, 2.24) is 0 Å². The average Bonchev–Trinajstić information content (AvgIpc) is 3.62. The van der Waals surface area contributed by atoms with Crippen LogP contribution in [0.5, 0.6) is 0 Å². The highest BCUT2D eigenvalue weighted by molar-refractivity contribution is 6.31. The molecule has 8 nitrogen and oxygen atoms in total. The van der Waals surface area contributed by atoms with Crippen molar-refractivity contribution in [3.8, 4) is 48.6 Å². The molecule has 5 rings (SSSR count). The van der Waals surface area contributed by atoms with Gasteiger partial charge in [-0.1, -0.05) is 6.07 Å². The molecule has 0 amide bonds. The smallest absolute Gasteiger partial charge is 0.192 e. The third-order valence-corrected chi connectivity index (χ3v) is 8.26. The number of alkyl halides is 9. The number of halogens is 9. The van der Waals surface area contributed by atoms with Crippen molar-refractivity contribution < 1.29 is 39.5 Å². The van der Waals surface area contributed by atoms with Crippen molar-refractivity contribution in [1.29, 1.82) is 42.1 Å². The number of benzene rings is 3. The number of fused-ring (bicyclic) bond motifs is 2. The maximum atomic E-state index is 13.9. The zero-order chi connectivity index (χ0) is 40.1. The van der Waals surface area contributed by atoms with E-state index in [1.807, 2.05) is 0 Å². The third kappa shape index (κ3) is 5.72. The van der Waals surface area contributed by atoms with Crippen molar-refractivity contribution in [3.05, 3.63) is 115 Å². The van der Waals surface area contributed by atoms with E-state index in [1.54, 1.807) is 30.3 Å². The fourth-order valence-corrected chi connectivity index (χ4v) is 6.21. The Bertz CT molecular complexity index is 2690. The molecular weight excluding hydrogens is 727 g/mol. The van der Waals surface area contributed by atoms with Gasteiger partial charge in [-0.2, -0.15) is 81.6 Å². The van der Waals surface area contributed by atoms with E-state index in [-0.39, 0.29) is 29.3 Å². The minimum absolute atomic E-state index is 0.209. The third-order valence-electron chi connectivity index (χ3n) is 8.26. The molecule has 0 saturated carbocycles. The second-order valence-corrected chi connectivity index (χ2v) is 11.0. The molecule has 0 aliphatic heterocycles. The molecule has 0 N–H and O–H groups in total. The highest BCUT2D eigenvalue weighted by Crippen LogP contribution is 2.57. The van der Waals surface area contributed by atoms with Gasteiger partial charge in [-0.3, -0.25) is 0 Å². The van der Waals surface area contributed by atoms with Gasteiger partial charge in [-0.25, -0.2) is 0 Å². The molecule has 17 heteroatoms. The van der Waals surface area contributed by atoms with E-state index in [0.29, 0.717) is 12.1 Å². The first-order valence-corrected chi connectivity index (χ1v) is 14.3. The lowest BCUT2D eigenvalue weighted by Crippen LogP contribution is -2.12. The summed E-state index contributed by atoms with van der Waals surface area (Å²) in [6.45, 7) is 0. The van der Waals surface area contributed by atoms with Crippen LogP contribution in [-0.2, 0) is 18.5 Å². The van der Waals surface area contributed by atoms with Crippen molar-refractivity contribution in [2.45, 2.75) is 18.5 Å². The van der Waals surface area contributed by atoms with E-state index in [9.17, 15) is 81.6 Å². The Kier molecular flexibility index (Phi) is 8.88. The Morgan fingerprint density at radius 3 is 1.26 bits per heavy atom. The van der Waals surface area contributed by atoms with Crippen LogP contribution in [0.4, 0.5) is 39.5 Å². The van der Waals surface area contributed by atoms with Crippen LogP contribution >= 0.6 is 0 Å². The number of hydrogen-bond acceptors (Lipinski definition) is 8. The molecule has 3 aromatic carbocycles. The van der Waals surface area contributed by atoms with E-state index in [0.717, 1.165) is 12.1 Å². The second-order valence-electron chi connectivity index (χ2n) is 11.0. The summed E-state index contributed by atoms with van der Waals surface area (Å²) in [4.78, 5) is 0. The van der Waals surface area contributed by atoms with Crippen LogP contribution in [0.15, 0.2) is 53.6 Å². The largest absolute Gasteiger partial charge is 0.417 e. The molecule has 0 aromatic heterocycles. The molecule has 258 valence electrons. The summed E-state index contributed by atoms with van der Waals surface area (Å²) >= 11 is 0. The number of allylic oxidation sites excluding steroid dienone is 8. The zero-order valence-electron chi connectivity index (χ0n) is 26.0. The van der Waals surface area contributed by atoms with Crippen molar-refractivity contribution >= 4 is 33.4 Å². The van der Waals surface area contributed by atoms with Crippen LogP contribution in [0.1, 0.15) is 61.2 Å². The lowest BCUT2D eigenvalue weighted by Gasteiger charge is -2.16. The van der Waals surface area contributed by atoms with Gasteiger partial charge in [0.2, 0.25) is 0 Å². The number of nitrogens with zero attached hydrogens (tertiary/aromatic N) is 8. The SMILES string of the molecule is N#CC(C#N)=C1C(c2cc(C(F)(F)F)cc(C(F)(F)F)c2)=C(C#N)c2c1cc1c(c2C#N)C(C#N)=C(c2ccc(C(F)(F)F)c(C#N)c2)C1=C(C#N)C#N. The predicted molar refractivity (Wildman–Crippen MR) is 165 cm³/mol. The molecule has 0 radical (unpaired) electrons. The molecule has 0 fully saturated rings. The van der Waals surface area contributed by atoms with Crippen LogP contribution in [0, 0.1) is 90.6 Å². The van der Waals surface area contributed by atoms with E-state index in [4.69, 9.17) is 0 Å². The normalized spacial score (nSPS) is 13.3. The van der Waals surface area contributed by atoms with Crippen LogP contribution in [0.25, 0.3) is 33.4 Å². The quantitative estimate of drug-likeness (QED) is 0.184. The van der Waals surface area contributed by atoms with Gasteiger partial charge in [-0.15, -0.1) is 0 Å². The Balaban J connectivity index is 2.03. The minimum atomic E-state index is -5.39. The molecule has 0 bridgehead atoms. The number of hydrogen-bond donors (Lipinski definition) is 0. The molecule has 0 saturated heterocycles. The summed E-state index contributed by atoms with van der Waals surface area (Å²) in [6.07, 6.45) is -15.8. The first-order valence-electron chi connectivity index (χ1n) is 14.3. The summed E-state index contributed by atoms with van der Waals surface area (Å²) in [5, 5.41) is 80.6. The molecule has 3 aromatic rings. The molecule has 54 heavy (non-hydrogen) atoms. The van der Waals surface area contributed by atoms with Crippen LogP contribution in [-0.4, -0.2) is 0 Å². The standard InChI is InChI=1S/C37H7F9N8/c38-35(39,40)21-4-17(5-22(6-21)36(41,42)43)30-26(14-53)34-24(32(30)20(11-50)12-51)7-23-31(19(9-48)10-49)29(25(13-52)33(23)27(34)15-54)16-1-2-28(37(44,45)46)18(3-16)8-47/h1-7H. The van der Waals surface area contributed by atoms with Crippen molar-refractivity contribution in [2.24, 2.45) is 0 Å². The van der Waals surface area contributed by atoms with Gasteiger partial charge in [0.05, 0.1) is 45.0 Å². The topological polar surface area (TPSA) is 190 Å². The molecule has 0 atom stereocenters. The molecule has 0 unspecified atom stereocenters. The summed E-state index contributed by atoms with van der Waals surface area (Å²) in [5.74, 6) is 0. The van der Waals surface area contributed by atoms with Crippen LogP contribution in [0.2, 0.25) is 0 Å². The fourth-order valence-electron chi connectivity index (χ4n) is 6.21. The Labute approximate surface area is 296 Å². The van der Waals surface area contributed by atoms with Gasteiger partial charge >= 0.3 is 18.5 Å². The van der Waals surface area contributed by atoms with Gasteiger partial charge in [-0.05, 0) is 58.7 Å². The highest BCUT2D eigenvalue weighted by Gasteiger charge is 2.43. The number of rotatable bonds is 2. The number of nitriles is 8. The lowest BCUT2D eigenvalue weighted by atomic mass is 9.86. The van der Waals surface area contributed by atoms with E-state index < -0.39 is 113 Å². The monoisotopic (exact) mass is 734 g/mol. The van der Waals surface area contributed by atoms with Gasteiger partial charge < -0.3 is 0 Å². The second kappa shape index (κ2) is 12.9. The van der Waals surface area contributed by atoms with Crippen LogP contribution in [0.3, 0.4) is 0 Å². The first-order chi connectivity index (χ1) is 25.4. The van der Waals surface area contributed by atoms with Gasteiger partial charge in [0, 0.05) is 33.4 Å². The Morgan fingerprint density at radius 2 is 0.907 bits per heavy atom. The fraction of sp³-hybridized carbons (Fsp3) is 0.0811. The first kappa shape index (κ1) is 37.2. The summed E-state index contributed by atoms with van der Waals surface area (Å²) in [6, 6.07) is 15.6. The summed E-state index contributed by atoms with van der Waals surface area (Å²) in [7, 11) is 0.